The van der Waals surface area contributed by atoms with Gasteiger partial charge in [-0.1, -0.05) is 0 Å². The van der Waals surface area contributed by atoms with Gasteiger partial charge in [0.25, 0.3) is 0 Å². The van der Waals surface area contributed by atoms with E-state index in [1.165, 1.54) is 6.33 Å². The van der Waals surface area contributed by atoms with Crippen molar-refractivity contribution in [3.63, 3.8) is 0 Å². The van der Waals surface area contributed by atoms with Crippen molar-refractivity contribution in [1.29, 1.82) is 0 Å². The van der Waals surface area contributed by atoms with Gasteiger partial charge >= 0.3 is 0 Å². The van der Waals surface area contributed by atoms with Gasteiger partial charge in [0.05, 0.1) is 12.9 Å². The van der Waals surface area contributed by atoms with Gasteiger partial charge in [-0.2, -0.15) is 0 Å². The Morgan fingerprint density at radius 2 is 2.29 bits per heavy atom. The average Bonchev–Trinajstić information content (AvgIpc) is 2.49. The van der Waals surface area contributed by atoms with E-state index in [-0.39, 0.29) is 0 Å². The summed E-state index contributed by atoms with van der Waals surface area (Å²) in [5.74, 6) is 0.340. The van der Waals surface area contributed by atoms with Crippen LogP contribution in [-0.2, 0) is 11.7 Å². The van der Waals surface area contributed by atoms with Crippen molar-refractivity contribution in [2.45, 2.75) is 19.6 Å². The summed E-state index contributed by atoms with van der Waals surface area (Å²) >= 11 is 0. The van der Waals surface area contributed by atoms with Gasteiger partial charge < -0.3 is 10.3 Å². The summed E-state index contributed by atoms with van der Waals surface area (Å²) in [4.78, 5) is 11.9. The van der Waals surface area contributed by atoms with Gasteiger partial charge in [0.15, 0.2) is 11.5 Å². The summed E-state index contributed by atoms with van der Waals surface area (Å²) in [6.07, 6.45) is 2.23. The normalized spacial score (nSPS) is 13.3. The number of aromatic nitrogens is 4. The molecule has 0 saturated heterocycles. The molecule has 0 fully saturated rings. The number of hydrogen-bond acceptors (Lipinski definition) is 4. The molecule has 2 heterocycles. The highest BCUT2D eigenvalue weighted by Crippen LogP contribution is 2.14. The van der Waals surface area contributed by atoms with Gasteiger partial charge in [-0.25, -0.2) is 20.1 Å². The van der Waals surface area contributed by atoms with Crippen LogP contribution in [0.1, 0.15) is 6.92 Å². The lowest BCUT2D eigenvalue weighted by molar-refractivity contribution is 0.0905. The number of rotatable bonds is 2. The molecular formula is C8H10N5O. The average molecular weight is 192 g/mol. The quantitative estimate of drug-likeness (QED) is 0.737. The van der Waals surface area contributed by atoms with Crippen LogP contribution in [0, 0.1) is 0 Å². The number of imidazole rings is 1. The Morgan fingerprint density at radius 3 is 3.00 bits per heavy atom. The van der Waals surface area contributed by atoms with Crippen LogP contribution in [-0.4, -0.2) is 25.6 Å². The Balaban J connectivity index is 2.52. The van der Waals surface area contributed by atoms with Crippen molar-refractivity contribution in [2.75, 3.05) is 5.73 Å². The van der Waals surface area contributed by atoms with Crippen molar-refractivity contribution in [3.05, 3.63) is 12.7 Å². The van der Waals surface area contributed by atoms with E-state index in [0.29, 0.717) is 23.5 Å². The van der Waals surface area contributed by atoms with Gasteiger partial charge in [-0.15, -0.1) is 0 Å². The summed E-state index contributed by atoms with van der Waals surface area (Å²) in [7, 11) is 0. The largest absolute Gasteiger partial charge is 0.382 e. The van der Waals surface area contributed by atoms with Crippen molar-refractivity contribution < 1.29 is 5.11 Å². The standard InChI is InChI=1S/C8H10N5O/c1-5(14)2-13-4-12-6-7(9)10-3-11-8(6)13/h3-5H,2H2,1H3,(H2,9,10,11)/t5-/m1/s1. The smallest absolute Gasteiger partial charge is 0.165 e. The van der Waals surface area contributed by atoms with Gasteiger partial charge in [0, 0.05) is 0 Å². The molecule has 0 unspecified atom stereocenters. The predicted molar refractivity (Wildman–Crippen MR) is 49.9 cm³/mol. The summed E-state index contributed by atoms with van der Waals surface area (Å²) in [5.41, 5.74) is 6.76. The molecule has 0 bridgehead atoms. The lowest BCUT2D eigenvalue weighted by Gasteiger charge is -2.03. The maximum Gasteiger partial charge on any atom is 0.165 e. The van der Waals surface area contributed by atoms with Gasteiger partial charge in [0.1, 0.15) is 17.9 Å². The zero-order valence-electron chi connectivity index (χ0n) is 7.71. The molecule has 0 amide bonds. The van der Waals surface area contributed by atoms with Crippen molar-refractivity contribution >= 4 is 17.0 Å². The first-order chi connectivity index (χ1) is 6.68. The Labute approximate surface area is 80.4 Å². The highest BCUT2D eigenvalue weighted by Gasteiger charge is 2.09. The van der Waals surface area contributed by atoms with E-state index in [9.17, 15) is 5.11 Å². The minimum Gasteiger partial charge on any atom is -0.382 e. The van der Waals surface area contributed by atoms with Crippen molar-refractivity contribution in [3.8, 4) is 0 Å². The number of nitrogens with two attached hydrogens (primary N) is 1. The molecule has 14 heavy (non-hydrogen) atoms. The molecule has 6 heteroatoms. The zero-order valence-corrected chi connectivity index (χ0v) is 7.71. The Hall–Kier alpha value is -1.69. The second kappa shape index (κ2) is 3.22. The molecule has 6 nitrogen and oxygen atoms in total. The number of nitrogen functional groups attached to an aromatic ring is 1. The van der Waals surface area contributed by atoms with Crippen LogP contribution in [0.15, 0.2) is 12.7 Å². The van der Waals surface area contributed by atoms with Crippen molar-refractivity contribution in [2.24, 2.45) is 0 Å². The van der Waals surface area contributed by atoms with Crippen LogP contribution >= 0.6 is 0 Å². The molecule has 0 aliphatic rings. The SMILES string of the molecule is C[C@@H]([O])Cn1cnc2c(N)ncnc21. The molecule has 2 rings (SSSR count). The van der Waals surface area contributed by atoms with Crippen LogP contribution < -0.4 is 5.73 Å². The number of nitrogens with zero attached hydrogens (tertiary/aromatic N) is 4. The fourth-order valence-corrected chi connectivity index (χ4v) is 1.31. The Bertz CT molecular complexity index is 450. The lowest BCUT2D eigenvalue weighted by Crippen LogP contribution is -2.09. The van der Waals surface area contributed by atoms with E-state index < -0.39 is 6.10 Å². The van der Waals surface area contributed by atoms with E-state index in [1.54, 1.807) is 17.8 Å². The molecule has 2 aromatic rings. The van der Waals surface area contributed by atoms with Crippen LogP contribution in [0.2, 0.25) is 0 Å². The van der Waals surface area contributed by atoms with Crippen molar-refractivity contribution in [1.82, 2.24) is 19.5 Å². The molecule has 2 N–H and O–H groups in total. The molecule has 1 radical (unpaired) electrons. The van der Waals surface area contributed by atoms with Gasteiger partial charge in [0.2, 0.25) is 0 Å². The van der Waals surface area contributed by atoms with Gasteiger partial charge in [-0.3, -0.25) is 0 Å². The predicted octanol–water partition coefficient (Wildman–Crippen LogP) is 0.227. The second-order valence-electron chi connectivity index (χ2n) is 3.14. The molecule has 0 aliphatic carbocycles. The summed E-state index contributed by atoms with van der Waals surface area (Å²) in [5, 5.41) is 11.0. The van der Waals surface area contributed by atoms with Crippen LogP contribution in [0.25, 0.3) is 11.2 Å². The summed E-state index contributed by atoms with van der Waals surface area (Å²) in [6, 6.07) is 0. The fraction of sp³-hybridized carbons (Fsp3) is 0.375. The van der Waals surface area contributed by atoms with Crippen LogP contribution in [0.4, 0.5) is 5.82 Å². The minimum absolute atomic E-state index is 0.340. The third-order valence-electron chi connectivity index (χ3n) is 1.88. The topological polar surface area (TPSA) is 89.5 Å². The van der Waals surface area contributed by atoms with E-state index in [4.69, 9.17) is 5.73 Å². The third-order valence-corrected chi connectivity index (χ3v) is 1.88. The molecule has 0 spiro atoms. The second-order valence-corrected chi connectivity index (χ2v) is 3.14. The molecule has 0 aromatic carbocycles. The number of anilines is 1. The minimum atomic E-state index is -0.691. The molecule has 0 saturated carbocycles. The monoisotopic (exact) mass is 192 g/mol. The number of fused-ring (bicyclic) bond motifs is 1. The molecule has 0 aliphatic heterocycles. The Morgan fingerprint density at radius 1 is 1.50 bits per heavy atom. The van der Waals surface area contributed by atoms with E-state index in [0.717, 1.165) is 0 Å². The van der Waals surface area contributed by atoms with Gasteiger partial charge in [-0.05, 0) is 6.92 Å². The maximum absolute atomic E-state index is 11.0. The highest BCUT2D eigenvalue weighted by molar-refractivity contribution is 5.81. The molecule has 1 atom stereocenters. The van der Waals surface area contributed by atoms with E-state index in [2.05, 4.69) is 15.0 Å². The summed E-state index contributed by atoms with van der Waals surface area (Å²) in [6.45, 7) is 1.93. The highest BCUT2D eigenvalue weighted by atomic mass is 16.3. The first-order valence-electron chi connectivity index (χ1n) is 4.25. The third kappa shape index (κ3) is 1.39. The molecule has 2 aromatic heterocycles. The van der Waals surface area contributed by atoms with E-state index >= 15 is 0 Å². The Kier molecular flexibility index (Phi) is 2.05. The zero-order chi connectivity index (χ0) is 10.1. The molecule has 73 valence electrons. The summed E-state index contributed by atoms with van der Waals surface area (Å²) < 4.78 is 1.69. The fourth-order valence-electron chi connectivity index (χ4n) is 1.31. The first-order valence-corrected chi connectivity index (χ1v) is 4.25. The van der Waals surface area contributed by atoms with Crippen LogP contribution in [0.3, 0.4) is 0 Å². The molecular weight excluding hydrogens is 182 g/mol. The maximum atomic E-state index is 11.0. The lowest BCUT2D eigenvalue weighted by atomic mass is 10.4. The van der Waals surface area contributed by atoms with Crippen LogP contribution in [0.5, 0.6) is 0 Å². The first kappa shape index (κ1) is 8.89. The number of hydrogen-bond donors (Lipinski definition) is 1. The van der Waals surface area contributed by atoms with E-state index in [1.807, 2.05) is 0 Å².